The molecule has 0 aliphatic carbocycles. The Bertz CT molecular complexity index is 666. The molecule has 0 spiro atoms. The van der Waals surface area contributed by atoms with E-state index < -0.39 is 23.9 Å². The van der Waals surface area contributed by atoms with Crippen molar-refractivity contribution < 1.29 is 17.9 Å². The van der Waals surface area contributed by atoms with Gasteiger partial charge in [0, 0.05) is 0 Å². The van der Waals surface area contributed by atoms with E-state index >= 15 is 0 Å². The van der Waals surface area contributed by atoms with Crippen molar-refractivity contribution in [3.8, 4) is 11.1 Å². The van der Waals surface area contributed by atoms with Crippen molar-refractivity contribution in [1.82, 2.24) is 0 Å². The van der Waals surface area contributed by atoms with Crippen LogP contribution in [0, 0.1) is 17.6 Å². The molecule has 0 N–H and O–H groups in total. The molecule has 1 nitrogen and oxygen atoms in total. The second kappa shape index (κ2) is 7.39. The maximum Gasteiger partial charge on any atom is 0.132 e. The molecule has 24 heavy (non-hydrogen) atoms. The van der Waals surface area contributed by atoms with Gasteiger partial charge in [-0.1, -0.05) is 37.6 Å². The number of alkyl halides is 1. The number of hydrogen-bond acceptors (Lipinski definition) is 1. The van der Waals surface area contributed by atoms with Crippen LogP contribution in [0.4, 0.5) is 13.2 Å². The maximum atomic E-state index is 13.7. The van der Waals surface area contributed by atoms with Crippen LogP contribution in [0.5, 0.6) is 0 Å². The van der Waals surface area contributed by atoms with Gasteiger partial charge in [-0.05, 0) is 47.6 Å². The van der Waals surface area contributed by atoms with Crippen LogP contribution in [-0.2, 0) is 11.4 Å². The molecule has 1 fully saturated rings. The molecule has 1 aliphatic rings. The van der Waals surface area contributed by atoms with Crippen molar-refractivity contribution in [2.75, 3.05) is 6.61 Å². The fourth-order valence-corrected chi connectivity index (χ4v) is 3.18. The molecule has 1 aliphatic heterocycles. The van der Waals surface area contributed by atoms with Crippen molar-refractivity contribution in [2.24, 2.45) is 5.92 Å². The molecule has 4 heteroatoms. The van der Waals surface area contributed by atoms with Gasteiger partial charge >= 0.3 is 0 Å². The van der Waals surface area contributed by atoms with E-state index in [2.05, 4.69) is 6.92 Å². The van der Waals surface area contributed by atoms with Crippen molar-refractivity contribution in [1.29, 1.82) is 0 Å². The Morgan fingerprint density at radius 1 is 1.00 bits per heavy atom. The fourth-order valence-electron chi connectivity index (χ4n) is 3.18. The van der Waals surface area contributed by atoms with E-state index in [1.54, 1.807) is 0 Å². The monoisotopic (exact) mass is 334 g/mol. The molecule has 0 bridgehead atoms. The van der Waals surface area contributed by atoms with E-state index in [9.17, 15) is 13.2 Å². The number of rotatable bonds is 4. The molecule has 0 amide bonds. The van der Waals surface area contributed by atoms with Gasteiger partial charge in [0.25, 0.3) is 0 Å². The Morgan fingerprint density at radius 2 is 1.67 bits per heavy atom. The number of benzene rings is 2. The van der Waals surface area contributed by atoms with Crippen LogP contribution in [0.25, 0.3) is 11.1 Å². The third-order valence-corrected chi connectivity index (χ3v) is 4.84. The molecule has 2 aromatic rings. The van der Waals surface area contributed by atoms with E-state index in [0.717, 1.165) is 31.4 Å². The van der Waals surface area contributed by atoms with Crippen molar-refractivity contribution in [2.45, 2.75) is 39.0 Å². The minimum absolute atomic E-state index is 0.0873. The highest BCUT2D eigenvalue weighted by Crippen LogP contribution is 2.33. The summed E-state index contributed by atoms with van der Waals surface area (Å²) < 4.78 is 46.0. The van der Waals surface area contributed by atoms with Crippen molar-refractivity contribution in [3.05, 3.63) is 59.2 Å². The van der Waals surface area contributed by atoms with Gasteiger partial charge in [-0.3, -0.25) is 0 Å². The largest absolute Gasteiger partial charge is 0.373 e. The summed E-state index contributed by atoms with van der Waals surface area (Å²) in [6.07, 6.45) is 3.37. The maximum absolute atomic E-state index is 13.7. The molecule has 3 rings (SSSR count). The Kier molecular flexibility index (Phi) is 5.24. The summed E-state index contributed by atoms with van der Waals surface area (Å²) in [5.41, 5.74) is 1.67. The second-order valence-corrected chi connectivity index (χ2v) is 6.35. The lowest BCUT2D eigenvalue weighted by atomic mass is 9.92. The molecular weight excluding hydrogens is 313 g/mol. The third-order valence-electron chi connectivity index (χ3n) is 4.84. The van der Waals surface area contributed by atoms with E-state index in [4.69, 9.17) is 4.74 Å². The molecule has 0 aromatic heterocycles. The predicted octanol–water partition coefficient (Wildman–Crippen LogP) is 5.98. The Morgan fingerprint density at radius 3 is 2.17 bits per heavy atom. The summed E-state index contributed by atoms with van der Waals surface area (Å²) >= 11 is 0. The molecule has 1 heterocycles. The number of hydrogen-bond donors (Lipinski definition) is 0. The zero-order valence-corrected chi connectivity index (χ0v) is 13.7. The lowest BCUT2D eigenvalue weighted by Crippen LogP contribution is -2.20. The first-order chi connectivity index (χ1) is 11.6. The number of halogens is 3. The summed E-state index contributed by atoms with van der Waals surface area (Å²) in [5.74, 6) is -1.06. The Labute approximate surface area is 140 Å². The molecule has 128 valence electrons. The highest BCUT2D eigenvalue weighted by atomic mass is 19.1. The average molecular weight is 334 g/mol. The molecule has 0 saturated carbocycles. The summed E-state index contributed by atoms with van der Waals surface area (Å²) in [7, 11) is 0. The minimum atomic E-state index is -1.14. The van der Waals surface area contributed by atoms with Crippen LogP contribution in [0.15, 0.2) is 36.4 Å². The van der Waals surface area contributed by atoms with Crippen LogP contribution < -0.4 is 0 Å². The van der Waals surface area contributed by atoms with Crippen LogP contribution in [0.3, 0.4) is 0 Å². The van der Waals surface area contributed by atoms with Gasteiger partial charge < -0.3 is 4.74 Å². The minimum Gasteiger partial charge on any atom is -0.373 e. The Balaban J connectivity index is 1.78. The van der Waals surface area contributed by atoms with Gasteiger partial charge in [0.05, 0.1) is 18.3 Å². The highest BCUT2D eigenvalue weighted by molar-refractivity contribution is 5.64. The van der Waals surface area contributed by atoms with Crippen molar-refractivity contribution >= 4 is 0 Å². The first kappa shape index (κ1) is 17.0. The summed E-state index contributed by atoms with van der Waals surface area (Å²) in [6, 6.07) is 9.88. The fraction of sp³-hybridized carbons (Fsp3) is 0.400. The second-order valence-electron chi connectivity index (χ2n) is 6.35. The smallest absolute Gasteiger partial charge is 0.132 e. The first-order valence-electron chi connectivity index (χ1n) is 8.38. The van der Waals surface area contributed by atoms with Crippen molar-refractivity contribution in [3.63, 3.8) is 0 Å². The van der Waals surface area contributed by atoms with Gasteiger partial charge in [-0.25, -0.2) is 13.2 Å². The molecule has 2 unspecified atom stereocenters. The molecule has 1 saturated heterocycles. The number of ether oxygens (including phenoxy) is 1. The zero-order chi connectivity index (χ0) is 17.1. The van der Waals surface area contributed by atoms with Gasteiger partial charge in [0.15, 0.2) is 0 Å². The quantitative estimate of drug-likeness (QED) is 0.668. The zero-order valence-electron chi connectivity index (χ0n) is 13.7. The molecule has 2 aromatic carbocycles. The van der Waals surface area contributed by atoms with E-state index in [-0.39, 0.29) is 6.10 Å². The lowest BCUT2D eigenvalue weighted by molar-refractivity contribution is -0.0180. The predicted molar refractivity (Wildman–Crippen MR) is 88.3 cm³/mol. The lowest BCUT2D eigenvalue weighted by Gasteiger charge is -2.28. The van der Waals surface area contributed by atoms with Gasteiger partial charge in [0.2, 0.25) is 0 Å². The normalized spacial score (nSPS) is 21.0. The van der Waals surface area contributed by atoms with E-state index in [1.807, 2.05) is 24.3 Å². The van der Waals surface area contributed by atoms with E-state index in [0.29, 0.717) is 17.0 Å². The molecule has 0 radical (unpaired) electrons. The van der Waals surface area contributed by atoms with Crippen LogP contribution >= 0.6 is 0 Å². The van der Waals surface area contributed by atoms with Gasteiger partial charge in [-0.2, -0.15) is 0 Å². The third kappa shape index (κ3) is 3.48. The summed E-state index contributed by atoms with van der Waals surface area (Å²) in [4.78, 5) is 0. The van der Waals surface area contributed by atoms with Gasteiger partial charge in [-0.15, -0.1) is 0 Å². The summed E-state index contributed by atoms with van der Waals surface area (Å²) in [6.45, 7) is 1.81. The van der Waals surface area contributed by atoms with Crippen LogP contribution in [0.1, 0.15) is 43.4 Å². The molecular formula is C20H21F3O. The highest BCUT2D eigenvalue weighted by Gasteiger charge is 2.21. The average Bonchev–Trinajstić information content (AvgIpc) is 2.62. The Hall–Kier alpha value is -1.81. The standard InChI is InChI=1S/C20H21F3O/c1-2-13-3-8-20(24-12-13)15-6-4-14(5-7-15)16-9-18(22)17(11-21)19(23)10-16/h4-7,9-10,13,20H,2-3,8,11-12H2,1H3. The van der Waals surface area contributed by atoms with E-state index in [1.165, 1.54) is 12.1 Å². The van der Waals surface area contributed by atoms with Crippen LogP contribution in [-0.4, -0.2) is 6.61 Å². The molecule has 2 atom stereocenters. The van der Waals surface area contributed by atoms with Crippen LogP contribution in [0.2, 0.25) is 0 Å². The first-order valence-corrected chi connectivity index (χ1v) is 8.38. The topological polar surface area (TPSA) is 9.23 Å². The SMILES string of the molecule is CCC1CCC(c2ccc(-c3cc(F)c(CF)c(F)c3)cc2)OC1. The summed E-state index contributed by atoms with van der Waals surface area (Å²) in [5, 5.41) is 0. The van der Waals surface area contributed by atoms with Gasteiger partial charge in [0.1, 0.15) is 18.3 Å².